The molecule has 4 nitrogen and oxygen atoms in total. The number of benzene rings is 1. The number of hydrogen-bond donors (Lipinski definition) is 1. The van der Waals surface area contributed by atoms with Crippen molar-refractivity contribution in [1.29, 1.82) is 0 Å². The van der Waals surface area contributed by atoms with Crippen molar-refractivity contribution in [2.45, 2.75) is 25.4 Å². The van der Waals surface area contributed by atoms with Gasteiger partial charge in [-0.15, -0.1) is 0 Å². The first-order chi connectivity index (χ1) is 10.1. The van der Waals surface area contributed by atoms with Crippen LogP contribution in [0.1, 0.15) is 28.9 Å². The first kappa shape index (κ1) is 14.1. The van der Waals surface area contributed by atoms with Crippen LogP contribution in [0.3, 0.4) is 0 Å². The Morgan fingerprint density at radius 3 is 2.81 bits per heavy atom. The van der Waals surface area contributed by atoms with E-state index in [0.717, 1.165) is 18.4 Å². The van der Waals surface area contributed by atoms with E-state index in [1.165, 1.54) is 0 Å². The average molecular weight is 347 g/mol. The van der Waals surface area contributed by atoms with Crippen LogP contribution in [0.25, 0.3) is 0 Å². The Kier molecular flexibility index (Phi) is 3.92. The molecule has 1 aromatic carbocycles. The predicted molar refractivity (Wildman–Crippen MR) is 82.9 cm³/mol. The first-order valence-electron chi connectivity index (χ1n) is 6.84. The molecule has 1 aromatic heterocycles. The van der Waals surface area contributed by atoms with Crippen molar-refractivity contribution in [2.75, 3.05) is 0 Å². The van der Waals surface area contributed by atoms with Gasteiger partial charge in [0.25, 0.3) is 5.91 Å². The summed E-state index contributed by atoms with van der Waals surface area (Å²) in [5.74, 6) is 0.142. The zero-order chi connectivity index (χ0) is 14.8. The van der Waals surface area contributed by atoms with E-state index in [4.69, 9.17) is 0 Å². The minimum atomic E-state index is -0.0756. The molecule has 0 aliphatic heterocycles. The molecule has 0 radical (unpaired) electrons. The van der Waals surface area contributed by atoms with Crippen LogP contribution in [-0.2, 0) is 6.54 Å². The van der Waals surface area contributed by atoms with E-state index < -0.39 is 0 Å². The third-order valence-electron chi connectivity index (χ3n) is 3.47. The number of amides is 1. The lowest BCUT2D eigenvalue weighted by atomic mass is 10.2. The fourth-order valence-corrected chi connectivity index (χ4v) is 2.71. The monoisotopic (exact) mass is 346 g/mol. The molecular formula is C16H15BrN2O2. The highest BCUT2D eigenvalue weighted by Gasteiger charge is 2.34. The third kappa shape index (κ3) is 3.24. The van der Waals surface area contributed by atoms with Crippen molar-refractivity contribution in [3.63, 3.8) is 0 Å². The van der Waals surface area contributed by atoms with E-state index in [-0.39, 0.29) is 17.7 Å². The van der Waals surface area contributed by atoms with Crippen molar-refractivity contribution in [3.8, 4) is 5.75 Å². The zero-order valence-electron chi connectivity index (χ0n) is 11.4. The van der Waals surface area contributed by atoms with Gasteiger partial charge >= 0.3 is 0 Å². The summed E-state index contributed by atoms with van der Waals surface area (Å²) in [6.07, 6.45) is 3.67. The quantitative estimate of drug-likeness (QED) is 0.923. The molecule has 108 valence electrons. The van der Waals surface area contributed by atoms with Gasteiger partial charge in [-0.2, -0.15) is 0 Å². The number of hydrogen-bond acceptors (Lipinski definition) is 3. The second kappa shape index (κ2) is 5.85. The molecule has 1 saturated carbocycles. The standard InChI is InChI=1S/C16H15BrN2O2/c17-14-5-2-8-18-15(14)16(21)19(12-6-7-12)10-11-3-1-4-13(20)9-11/h1-5,8-9,12,20H,6-7,10H2. The first-order valence-corrected chi connectivity index (χ1v) is 7.64. The number of pyridine rings is 1. The lowest BCUT2D eigenvalue weighted by Gasteiger charge is -2.22. The maximum Gasteiger partial charge on any atom is 0.274 e. The second-order valence-corrected chi connectivity index (χ2v) is 6.02. The molecule has 0 atom stereocenters. The number of aromatic nitrogens is 1. The molecule has 21 heavy (non-hydrogen) atoms. The molecule has 1 fully saturated rings. The summed E-state index contributed by atoms with van der Waals surface area (Å²) in [5.41, 5.74) is 1.35. The third-order valence-corrected chi connectivity index (χ3v) is 4.11. The van der Waals surface area contributed by atoms with Crippen molar-refractivity contribution in [1.82, 2.24) is 9.88 Å². The molecular weight excluding hydrogens is 332 g/mol. The van der Waals surface area contributed by atoms with Crippen LogP contribution < -0.4 is 0 Å². The minimum absolute atomic E-state index is 0.0756. The second-order valence-electron chi connectivity index (χ2n) is 5.17. The van der Waals surface area contributed by atoms with Gasteiger partial charge in [0, 0.05) is 23.3 Å². The van der Waals surface area contributed by atoms with E-state index in [1.807, 2.05) is 17.0 Å². The minimum Gasteiger partial charge on any atom is -0.508 e. The van der Waals surface area contributed by atoms with E-state index in [2.05, 4.69) is 20.9 Å². The summed E-state index contributed by atoms with van der Waals surface area (Å²) < 4.78 is 0.705. The van der Waals surface area contributed by atoms with Gasteiger partial charge in [0.05, 0.1) is 0 Å². The summed E-state index contributed by atoms with van der Waals surface area (Å²) in [6.45, 7) is 0.487. The van der Waals surface area contributed by atoms with Crippen molar-refractivity contribution in [2.24, 2.45) is 0 Å². The summed E-state index contributed by atoms with van der Waals surface area (Å²) in [5, 5.41) is 9.56. The van der Waals surface area contributed by atoms with Crippen LogP contribution in [-0.4, -0.2) is 26.9 Å². The molecule has 1 heterocycles. The molecule has 0 spiro atoms. The molecule has 0 saturated heterocycles. The number of halogens is 1. The molecule has 1 aliphatic carbocycles. The average Bonchev–Trinajstić information content (AvgIpc) is 3.29. The van der Waals surface area contributed by atoms with Crippen LogP contribution in [0.2, 0.25) is 0 Å². The van der Waals surface area contributed by atoms with Gasteiger partial charge < -0.3 is 10.0 Å². The van der Waals surface area contributed by atoms with E-state index in [1.54, 1.807) is 30.5 Å². The number of phenolic OH excluding ortho intramolecular Hbond substituents is 1. The number of aromatic hydroxyl groups is 1. The van der Waals surface area contributed by atoms with Crippen LogP contribution in [0.5, 0.6) is 5.75 Å². The Labute approximate surface area is 131 Å². The summed E-state index contributed by atoms with van der Waals surface area (Å²) in [7, 11) is 0. The maximum atomic E-state index is 12.7. The van der Waals surface area contributed by atoms with E-state index in [0.29, 0.717) is 16.7 Å². The highest BCUT2D eigenvalue weighted by atomic mass is 79.9. The fraction of sp³-hybridized carbons (Fsp3) is 0.250. The summed E-state index contributed by atoms with van der Waals surface area (Å²) >= 11 is 3.38. The van der Waals surface area contributed by atoms with Gasteiger partial charge in [0.2, 0.25) is 0 Å². The summed E-state index contributed by atoms with van der Waals surface area (Å²) in [4.78, 5) is 18.7. The van der Waals surface area contributed by atoms with E-state index in [9.17, 15) is 9.90 Å². The molecule has 0 unspecified atom stereocenters. The number of nitrogens with zero attached hydrogens (tertiary/aromatic N) is 2. The highest BCUT2D eigenvalue weighted by molar-refractivity contribution is 9.10. The molecule has 1 N–H and O–H groups in total. The number of rotatable bonds is 4. The molecule has 1 aliphatic rings. The molecule has 3 rings (SSSR count). The number of phenols is 1. The van der Waals surface area contributed by atoms with Crippen LogP contribution >= 0.6 is 15.9 Å². The zero-order valence-corrected chi connectivity index (χ0v) is 13.0. The fourth-order valence-electron chi connectivity index (χ4n) is 2.28. The Hall–Kier alpha value is -1.88. The Bertz CT molecular complexity index is 671. The van der Waals surface area contributed by atoms with Gasteiger partial charge in [-0.05, 0) is 58.6 Å². The Morgan fingerprint density at radius 1 is 1.33 bits per heavy atom. The topological polar surface area (TPSA) is 53.4 Å². The predicted octanol–water partition coefficient (Wildman–Crippen LogP) is 3.35. The van der Waals surface area contributed by atoms with Crippen molar-refractivity contribution in [3.05, 3.63) is 58.3 Å². The van der Waals surface area contributed by atoms with Crippen molar-refractivity contribution < 1.29 is 9.90 Å². The lowest BCUT2D eigenvalue weighted by molar-refractivity contribution is 0.0722. The van der Waals surface area contributed by atoms with Crippen LogP contribution in [0.15, 0.2) is 47.1 Å². The van der Waals surface area contributed by atoms with Gasteiger partial charge in [-0.3, -0.25) is 4.79 Å². The summed E-state index contributed by atoms with van der Waals surface area (Å²) in [6, 6.07) is 10.9. The molecule has 5 heteroatoms. The van der Waals surface area contributed by atoms with Gasteiger partial charge in [-0.25, -0.2) is 4.98 Å². The molecule has 0 bridgehead atoms. The number of carbonyl (C=O) groups excluding carboxylic acids is 1. The lowest BCUT2D eigenvalue weighted by Crippen LogP contribution is -2.33. The molecule has 2 aromatic rings. The SMILES string of the molecule is O=C(c1ncccc1Br)N(Cc1cccc(O)c1)C1CC1. The maximum absolute atomic E-state index is 12.7. The largest absolute Gasteiger partial charge is 0.508 e. The number of carbonyl (C=O) groups is 1. The highest BCUT2D eigenvalue weighted by Crippen LogP contribution is 2.31. The van der Waals surface area contributed by atoms with Crippen LogP contribution in [0.4, 0.5) is 0 Å². The van der Waals surface area contributed by atoms with Crippen molar-refractivity contribution >= 4 is 21.8 Å². The van der Waals surface area contributed by atoms with Crippen LogP contribution in [0, 0.1) is 0 Å². The van der Waals surface area contributed by atoms with Gasteiger partial charge in [0.15, 0.2) is 0 Å². The Morgan fingerprint density at radius 2 is 2.14 bits per heavy atom. The normalized spacial score (nSPS) is 14.0. The van der Waals surface area contributed by atoms with Gasteiger partial charge in [-0.1, -0.05) is 12.1 Å². The van der Waals surface area contributed by atoms with Gasteiger partial charge in [0.1, 0.15) is 11.4 Å². The molecule has 1 amide bonds. The van der Waals surface area contributed by atoms with E-state index >= 15 is 0 Å². The Balaban J connectivity index is 1.85. The smallest absolute Gasteiger partial charge is 0.274 e.